The highest BCUT2D eigenvalue weighted by Crippen LogP contribution is 2.31. The molecule has 0 unspecified atom stereocenters. The summed E-state index contributed by atoms with van der Waals surface area (Å²) in [7, 11) is 1.15. The molecule has 0 radical (unpaired) electrons. The topological polar surface area (TPSA) is 97.0 Å². The molecule has 0 atom stereocenters. The van der Waals surface area contributed by atoms with Gasteiger partial charge in [-0.25, -0.2) is 9.59 Å². The first-order chi connectivity index (χ1) is 8.04. The fourth-order valence-electron chi connectivity index (χ4n) is 1.45. The van der Waals surface area contributed by atoms with Gasteiger partial charge in [0.1, 0.15) is 5.39 Å². The van der Waals surface area contributed by atoms with E-state index >= 15 is 0 Å². The lowest BCUT2D eigenvalue weighted by molar-refractivity contribution is 0.0560. The molecular weight excluding hydrogens is 228 g/mol. The van der Waals surface area contributed by atoms with E-state index < -0.39 is 23.1 Å². The number of carbonyl (C=O) groups is 1. The highest BCUT2D eigenvalue weighted by Gasteiger charge is 2.16. The van der Waals surface area contributed by atoms with Crippen molar-refractivity contribution in [2.24, 2.45) is 0 Å². The summed E-state index contributed by atoms with van der Waals surface area (Å²) >= 11 is 0. The van der Waals surface area contributed by atoms with Gasteiger partial charge in [-0.3, -0.25) is 0 Å². The molecular formula is C11H8O6. The Hall–Kier alpha value is -2.50. The number of phenolic OH excluding ortho intramolecular Hbond substituents is 2. The molecule has 6 heteroatoms. The van der Waals surface area contributed by atoms with E-state index in [1.54, 1.807) is 0 Å². The second kappa shape index (κ2) is 3.82. The van der Waals surface area contributed by atoms with Crippen LogP contribution in [0.5, 0.6) is 11.5 Å². The molecule has 1 aromatic heterocycles. The second-order valence-electron chi connectivity index (χ2n) is 3.29. The highest BCUT2D eigenvalue weighted by molar-refractivity contribution is 5.94. The summed E-state index contributed by atoms with van der Waals surface area (Å²) < 4.78 is 9.09. The predicted octanol–water partition coefficient (Wildman–Crippen LogP) is 0.991. The maximum atomic E-state index is 11.5. The second-order valence-corrected chi connectivity index (χ2v) is 3.29. The van der Waals surface area contributed by atoms with Gasteiger partial charge in [0.25, 0.3) is 0 Å². The first-order valence-corrected chi connectivity index (χ1v) is 4.61. The molecule has 0 spiro atoms. The van der Waals surface area contributed by atoms with E-state index in [9.17, 15) is 19.8 Å². The lowest BCUT2D eigenvalue weighted by Crippen LogP contribution is -2.08. The van der Waals surface area contributed by atoms with Crippen LogP contribution in [0.3, 0.4) is 0 Å². The van der Waals surface area contributed by atoms with Crippen LogP contribution in [0.25, 0.3) is 10.8 Å². The van der Waals surface area contributed by atoms with E-state index in [-0.39, 0.29) is 16.5 Å². The summed E-state index contributed by atoms with van der Waals surface area (Å²) in [5.74, 6) is -2.07. The zero-order chi connectivity index (χ0) is 12.6. The van der Waals surface area contributed by atoms with Gasteiger partial charge >= 0.3 is 11.6 Å². The predicted molar refractivity (Wildman–Crippen MR) is 57.2 cm³/mol. The first kappa shape index (κ1) is 11.0. The average molecular weight is 236 g/mol. The molecule has 0 aliphatic heterocycles. The summed E-state index contributed by atoms with van der Waals surface area (Å²) in [5.41, 5.74) is -0.920. The summed E-state index contributed by atoms with van der Waals surface area (Å²) in [6.07, 6.45) is 0. The Bertz CT molecular complexity index is 655. The SMILES string of the molecule is COC(=O)c1cc2ccc(O)c(O)c2c(=O)o1. The Morgan fingerprint density at radius 2 is 2.06 bits per heavy atom. The Labute approximate surface area is 94.7 Å². The van der Waals surface area contributed by atoms with Crippen LogP contribution in [0, 0.1) is 0 Å². The zero-order valence-corrected chi connectivity index (χ0v) is 8.76. The third-order valence-electron chi connectivity index (χ3n) is 2.27. The molecule has 0 aliphatic rings. The molecule has 88 valence electrons. The molecule has 0 aliphatic carbocycles. The molecule has 1 aromatic carbocycles. The van der Waals surface area contributed by atoms with Crippen LogP contribution in [0.2, 0.25) is 0 Å². The number of benzene rings is 1. The van der Waals surface area contributed by atoms with E-state index in [2.05, 4.69) is 9.15 Å². The van der Waals surface area contributed by atoms with Crippen molar-refractivity contribution in [2.75, 3.05) is 7.11 Å². The molecule has 0 saturated heterocycles. The third-order valence-corrected chi connectivity index (χ3v) is 2.27. The number of phenols is 2. The molecule has 1 heterocycles. The van der Waals surface area contributed by atoms with Gasteiger partial charge in [-0.15, -0.1) is 0 Å². The van der Waals surface area contributed by atoms with Gasteiger partial charge in [0, 0.05) is 0 Å². The Kier molecular flexibility index (Phi) is 2.47. The lowest BCUT2D eigenvalue weighted by Gasteiger charge is -2.03. The summed E-state index contributed by atoms with van der Waals surface area (Å²) in [5, 5.41) is 18.8. The zero-order valence-electron chi connectivity index (χ0n) is 8.76. The van der Waals surface area contributed by atoms with Crippen molar-refractivity contribution in [3.63, 3.8) is 0 Å². The number of ether oxygens (including phenoxy) is 1. The monoisotopic (exact) mass is 236 g/mol. The summed E-state index contributed by atoms with van der Waals surface area (Å²) in [6, 6.07) is 3.84. The molecule has 0 saturated carbocycles. The van der Waals surface area contributed by atoms with Crippen LogP contribution in [-0.2, 0) is 4.74 Å². The van der Waals surface area contributed by atoms with Crippen molar-refractivity contribution >= 4 is 16.7 Å². The van der Waals surface area contributed by atoms with E-state index in [4.69, 9.17) is 0 Å². The van der Waals surface area contributed by atoms with Crippen molar-refractivity contribution in [1.29, 1.82) is 0 Å². The molecule has 2 rings (SSSR count). The minimum absolute atomic E-state index is 0.183. The van der Waals surface area contributed by atoms with Crippen LogP contribution >= 0.6 is 0 Å². The number of aromatic hydroxyl groups is 2. The maximum absolute atomic E-state index is 11.5. The largest absolute Gasteiger partial charge is 0.504 e. The van der Waals surface area contributed by atoms with E-state index in [1.807, 2.05) is 0 Å². The molecule has 0 amide bonds. The molecule has 17 heavy (non-hydrogen) atoms. The summed E-state index contributed by atoms with van der Waals surface area (Å²) in [6.45, 7) is 0. The van der Waals surface area contributed by atoms with Gasteiger partial charge in [0.05, 0.1) is 7.11 Å². The lowest BCUT2D eigenvalue weighted by atomic mass is 10.1. The van der Waals surface area contributed by atoms with Crippen molar-refractivity contribution in [3.8, 4) is 11.5 Å². The number of esters is 1. The number of methoxy groups -OCH3 is 1. The number of carbonyl (C=O) groups excluding carboxylic acids is 1. The maximum Gasteiger partial charge on any atom is 0.374 e. The van der Waals surface area contributed by atoms with Gasteiger partial charge in [-0.05, 0) is 17.5 Å². The fraction of sp³-hybridized carbons (Fsp3) is 0.0909. The number of hydrogen-bond donors (Lipinski definition) is 2. The van der Waals surface area contributed by atoms with Crippen LogP contribution in [0.1, 0.15) is 10.6 Å². The third kappa shape index (κ3) is 1.69. The smallest absolute Gasteiger partial charge is 0.374 e. The van der Waals surface area contributed by atoms with E-state index in [0.717, 1.165) is 7.11 Å². The molecule has 0 bridgehead atoms. The Balaban J connectivity index is 2.82. The molecule has 2 N–H and O–H groups in total. The number of rotatable bonds is 1. The van der Waals surface area contributed by atoms with E-state index in [1.165, 1.54) is 18.2 Å². The van der Waals surface area contributed by atoms with Gasteiger partial charge in [-0.2, -0.15) is 0 Å². The molecule has 2 aromatic rings. The van der Waals surface area contributed by atoms with Crippen molar-refractivity contribution in [2.45, 2.75) is 0 Å². The normalized spacial score (nSPS) is 10.4. The average Bonchev–Trinajstić information content (AvgIpc) is 2.32. The Morgan fingerprint density at radius 1 is 1.35 bits per heavy atom. The molecule has 6 nitrogen and oxygen atoms in total. The van der Waals surface area contributed by atoms with Crippen LogP contribution in [-0.4, -0.2) is 23.3 Å². The highest BCUT2D eigenvalue weighted by atomic mass is 16.5. The van der Waals surface area contributed by atoms with Gasteiger partial charge in [0.15, 0.2) is 11.5 Å². The quantitative estimate of drug-likeness (QED) is 0.566. The Morgan fingerprint density at radius 3 is 2.71 bits per heavy atom. The number of fused-ring (bicyclic) bond motifs is 1. The standard InChI is InChI=1S/C11H8O6/c1-16-10(14)7-4-5-2-3-6(12)9(13)8(5)11(15)17-7/h2-4,12-13H,1H3. The van der Waals surface area contributed by atoms with Gasteiger partial charge < -0.3 is 19.4 Å². The van der Waals surface area contributed by atoms with Crippen LogP contribution in [0.4, 0.5) is 0 Å². The van der Waals surface area contributed by atoms with Gasteiger partial charge in [-0.1, -0.05) is 6.07 Å². The van der Waals surface area contributed by atoms with Crippen LogP contribution < -0.4 is 5.63 Å². The molecule has 0 fully saturated rings. The fourth-order valence-corrected chi connectivity index (χ4v) is 1.45. The first-order valence-electron chi connectivity index (χ1n) is 4.61. The van der Waals surface area contributed by atoms with Gasteiger partial charge in [0.2, 0.25) is 5.76 Å². The van der Waals surface area contributed by atoms with E-state index in [0.29, 0.717) is 0 Å². The van der Waals surface area contributed by atoms with Crippen molar-refractivity contribution in [1.82, 2.24) is 0 Å². The minimum Gasteiger partial charge on any atom is -0.504 e. The number of hydrogen-bond acceptors (Lipinski definition) is 6. The van der Waals surface area contributed by atoms with Crippen molar-refractivity contribution < 1.29 is 24.2 Å². The summed E-state index contributed by atoms with van der Waals surface area (Å²) in [4.78, 5) is 22.7. The van der Waals surface area contributed by atoms with Crippen LogP contribution in [0.15, 0.2) is 27.4 Å². The minimum atomic E-state index is -0.920. The van der Waals surface area contributed by atoms with Crippen molar-refractivity contribution in [3.05, 3.63) is 34.4 Å².